The van der Waals surface area contributed by atoms with Crippen molar-refractivity contribution in [2.24, 2.45) is 0 Å². The lowest BCUT2D eigenvalue weighted by molar-refractivity contribution is -0.134. The zero-order chi connectivity index (χ0) is 19.0. The molecule has 2 aliphatic heterocycles. The van der Waals surface area contributed by atoms with Gasteiger partial charge in [0.25, 0.3) is 5.91 Å². The second kappa shape index (κ2) is 6.83. The predicted molar refractivity (Wildman–Crippen MR) is 102 cm³/mol. The number of amides is 2. The summed E-state index contributed by atoms with van der Waals surface area (Å²) in [7, 11) is 0. The average molecular weight is 363 g/mol. The molecule has 7 heteroatoms. The highest BCUT2D eigenvalue weighted by atomic mass is 16.2. The van der Waals surface area contributed by atoms with Gasteiger partial charge in [0.1, 0.15) is 6.04 Å². The second-order valence-electron chi connectivity index (χ2n) is 6.70. The lowest BCUT2D eigenvalue weighted by Crippen LogP contribution is -2.54. The normalized spacial score (nSPS) is 17.9. The maximum absolute atomic E-state index is 13.0. The summed E-state index contributed by atoms with van der Waals surface area (Å²) >= 11 is 0. The summed E-state index contributed by atoms with van der Waals surface area (Å²) in [6.07, 6.45) is 3.42. The average Bonchev–Trinajstić information content (AvgIpc) is 2.98. The van der Waals surface area contributed by atoms with Gasteiger partial charge in [-0.05, 0) is 19.1 Å². The molecule has 0 aliphatic carbocycles. The first-order valence-corrected chi connectivity index (χ1v) is 9.00. The minimum absolute atomic E-state index is 0.0639. The molecular formula is C20H21N5O2. The van der Waals surface area contributed by atoms with Crippen LogP contribution in [0.1, 0.15) is 22.8 Å². The maximum atomic E-state index is 13.0. The predicted octanol–water partition coefficient (Wildman–Crippen LogP) is 1.64. The number of aromatic nitrogens is 2. The van der Waals surface area contributed by atoms with E-state index < -0.39 is 6.04 Å². The van der Waals surface area contributed by atoms with Gasteiger partial charge in [0.15, 0.2) is 0 Å². The standard InChI is InChI=1S/C20H21N5O2/c1-14-16-6-3-4-7-17(16)19(27)25(14)15(2)18(26)23-10-12-24(13-11-23)20-21-8-5-9-22-20/h3-9,15H,1,10-13H2,2H3. The Morgan fingerprint density at radius 1 is 1.04 bits per heavy atom. The van der Waals surface area contributed by atoms with Crippen LogP contribution in [0.25, 0.3) is 5.70 Å². The van der Waals surface area contributed by atoms with E-state index in [1.165, 1.54) is 4.90 Å². The minimum atomic E-state index is -0.586. The third-order valence-electron chi connectivity index (χ3n) is 5.15. The molecule has 1 atom stereocenters. The molecule has 0 spiro atoms. The van der Waals surface area contributed by atoms with Crippen LogP contribution in [0.15, 0.2) is 49.3 Å². The lowest BCUT2D eigenvalue weighted by Gasteiger charge is -2.37. The fourth-order valence-electron chi connectivity index (χ4n) is 3.67. The Labute approximate surface area is 157 Å². The fraction of sp³-hybridized carbons (Fsp3) is 0.300. The Morgan fingerprint density at radius 3 is 2.30 bits per heavy atom. The number of hydrogen-bond donors (Lipinski definition) is 0. The van der Waals surface area contributed by atoms with E-state index in [-0.39, 0.29) is 11.8 Å². The zero-order valence-electron chi connectivity index (χ0n) is 15.2. The monoisotopic (exact) mass is 363 g/mol. The van der Waals surface area contributed by atoms with Gasteiger partial charge in [-0.2, -0.15) is 0 Å². The molecule has 2 aromatic rings. The number of piperazine rings is 1. The van der Waals surface area contributed by atoms with E-state index in [1.807, 2.05) is 18.2 Å². The first kappa shape index (κ1) is 17.2. The smallest absolute Gasteiger partial charge is 0.259 e. The number of nitrogens with zero attached hydrogens (tertiary/aromatic N) is 5. The van der Waals surface area contributed by atoms with Crippen LogP contribution < -0.4 is 4.90 Å². The minimum Gasteiger partial charge on any atom is -0.337 e. The number of hydrogen-bond acceptors (Lipinski definition) is 5. The van der Waals surface area contributed by atoms with Gasteiger partial charge in [-0.1, -0.05) is 24.8 Å². The van der Waals surface area contributed by atoms with Gasteiger partial charge in [-0.3, -0.25) is 14.5 Å². The van der Waals surface area contributed by atoms with Crippen LogP contribution in [0.2, 0.25) is 0 Å². The van der Waals surface area contributed by atoms with Crippen molar-refractivity contribution in [3.63, 3.8) is 0 Å². The van der Waals surface area contributed by atoms with Crippen LogP contribution in [0.3, 0.4) is 0 Å². The molecule has 7 nitrogen and oxygen atoms in total. The topological polar surface area (TPSA) is 69.6 Å². The van der Waals surface area contributed by atoms with Crippen LogP contribution in [0, 0.1) is 0 Å². The number of anilines is 1. The molecule has 1 aromatic heterocycles. The Kier molecular flexibility index (Phi) is 4.35. The van der Waals surface area contributed by atoms with E-state index >= 15 is 0 Å². The van der Waals surface area contributed by atoms with E-state index in [9.17, 15) is 9.59 Å². The Hall–Kier alpha value is -3.22. The van der Waals surface area contributed by atoms with Crippen molar-refractivity contribution in [2.45, 2.75) is 13.0 Å². The molecule has 0 saturated carbocycles. The highest BCUT2D eigenvalue weighted by Gasteiger charge is 2.38. The summed E-state index contributed by atoms with van der Waals surface area (Å²) in [5.74, 6) is 0.454. The molecular weight excluding hydrogens is 342 g/mol. The van der Waals surface area contributed by atoms with Crippen LogP contribution in [-0.2, 0) is 4.79 Å². The van der Waals surface area contributed by atoms with E-state index in [2.05, 4.69) is 21.4 Å². The van der Waals surface area contributed by atoms with Gasteiger partial charge >= 0.3 is 0 Å². The van der Waals surface area contributed by atoms with Gasteiger partial charge < -0.3 is 9.80 Å². The van der Waals surface area contributed by atoms with Gasteiger partial charge in [-0.15, -0.1) is 0 Å². The summed E-state index contributed by atoms with van der Waals surface area (Å²) in [4.78, 5) is 39.6. The van der Waals surface area contributed by atoms with Crippen molar-refractivity contribution in [3.8, 4) is 0 Å². The van der Waals surface area contributed by atoms with Gasteiger partial charge in [0, 0.05) is 55.4 Å². The molecule has 3 heterocycles. The molecule has 2 amide bonds. The SMILES string of the molecule is C=C1c2ccccc2C(=O)N1C(C)C(=O)N1CCN(c2ncccn2)CC1. The third kappa shape index (κ3) is 2.95. The first-order valence-electron chi connectivity index (χ1n) is 9.00. The lowest BCUT2D eigenvalue weighted by atomic mass is 10.1. The fourth-order valence-corrected chi connectivity index (χ4v) is 3.67. The molecule has 2 aliphatic rings. The number of carbonyl (C=O) groups excluding carboxylic acids is 2. The molecule has 4 rings (SSSR count). The van der Waals surface area contributed by atoms with Crippen molar-refractivity contribution in [1.29, 1.82) is 0 Å². The molecule has 1 saturated heterocycles. The summed E-state index contributed by atoms with van der Waals surface area (Å²) < 4.78 is 0. The number of rotatable bonds is 3. The van der Waals surface area contributed by atoms with Crippen LogP contribution in [-0.4, -0.2) is 63.8 Å². The molecule has 1 unspecified atom stereocenters. The van der Waals surface area contributed by atoms with Crippen LogP contribution >= 0.6 is 0 Å². The zero-order valence-corrected chi connectivity index (χ0v) is 15.2. The van der Waals surface area contributed by atoms with E-state index in [1.54, 1.807) is 36.4 Å². The summed E-state index contributed by atoms with van der Waals surface area (Å²) in [5, 5.41) is 0. The first-order chi connectivity index (χ1) is 13.1. The second-order valence-corrected chi connectivity index (χ2v) is 6.70. The summed E-state index contributed by atoms with van der Waals surface area (Å²) in [5.41, 5.74) is 1.99. The molecule has 0 N–H and O–H groups in total. The van der Waals surface area contributed by atoms with Crippen molar-refractivity contribution in [2.75, 3.05) is 31.1 Å². The van der Waals surface area contributed by atoms with Crippen LogP contribution in [0.4, 0.5) is 5.95 Å². The third-order valence-corrected chi connectivity index (χ3v) is 5.15. The van der Waals surface area contributed by atoms with E-state index in [4.69, 9.17) is 0 Å². The summed E-state index contributed by atoms with van der Waals surface area (Å²) in [6.45, 7) is 8.28. The molecule has 27 heavy (non-hydrogen) atoms. The van der Waals surface area contributed by atoms with Gasteiger partial charge in [0.2, 0.25) is 11.9 Å². The number of fused-ring (bicyclic) bond motifs is 1. The van der Waals surface area contributed by atoms with Gasteiger partial charge in [-0.25, -0.2) is 9.97 Å². The number of carbonyl (C=O) groups is 2. The molecule has 138 valence electrons. The maximum Gasteiger partial charge on any atom is 0.259 e. The van der Waals surface area contributed by atoms with Crippen molar-refractivity contribution in [1.82, 2.24) is 19.8 Å². The number of benzene rings is 1. The summed E-state index contributed by atoms with van der Waals surface area (Å²) in [6, 6.07) is 8.53. The van der Waals surface area contributed by atoms with E-state index in [0.29, 0.717) is 43.4 Å². The molecule has 0 bridgehead atoms. The molecule has 1 fully saturated rings. The van der Waals surface area contributed by atoms with Crippen molar-refractivity contribution in [3.05, 3.63) is 60.4 Å². The van der Waals surface area contributed by atoms with Crippen molar-refractivity contribution >= 4 is 23.5 Å². The largest absolute Gasteiger partial charge is 0.337 e. The quantitative estimate of drug-likeness (QED) is 0.829. The highest BCUT2D eigenvalue weighted by Crippen LogP contribution is 2.33. The Bertz CT molecular complexity index is 855. The van der Waals surface area contributed by atoms with E-state index in [0.717, 1.165) is 5.56 Å². The molecule has 0 radical (unpaired) electrons. The molecule has 1 aromatic carbocycles. The Balaban J connectivity index is 1.44. The van der Waals surface area contributed by atoms with Crippen molar-refractivity contribution < 1.29 is 9.59 Å². The van der Waals surface area contributed by atoms with Crippen LogP contribution in [0.5, 0.6) is 0 Å². The Morgan fingerprint density at radius 2 is 1.67 bits per heavy atom. The highest BCUT2D eigenvalue weighted by molar-refractivity contribution is 6.10. The van der Waals surface area contributed by atoms with Gasteiger partial charge in [0.05, 0.1) is 0 Å².